The molecule has 1 N–H and O–H groups in total. The van der Waals surface area contributed by atoms with Crippen molar-refractivity contribution in [3.63, 3.8) is 0 Å². The molecule has 0 radical (unpaired) electrons. The van der Waals surface area contributed by atoms with Crippen molar-refractivity contribution in [2.75, 3.05) is 24.7 Å². The van der Waals surface area contributed by atoms with Crippen LogP contribution in [0.5, 0.6) is 5.75 Å². The van der Waals surface area contributed by atoms with Crippen molar-refractivity contribution in [1.29, 1.82) is 0 Å². The van der Waals surface area contributed by atoms with Crippen LogP contribution in [0.4, 0.5) is 10.8 Å². The number of thioether (sulfide) groups is 1. The monoisotopic (exact) mass is 432 g/mol. The number of carbonyl (C=O) groups is 1. The normalized spacial score (nSPS) is 16.3. The molecule has 1 aliphatic rings. The maximum atomic E-state index is 12.7. The highest BCUT2D eigenvalue weighted by Gasteiger charge is 2.30. The SMILES string of the molecule is COc1ccccc1Nc1nnc(SCC(=O)N2CCCC2c2cccs2)s1. The second-order valence-electron chi connectivity index (χ2n) is 6.25. The molecule has 0 spiro atoms. The molecule has 0 bridgehead atoms. The molecule has 1 fully saturated rings. The molecule has 1 amide bonds. The summed E-state index contributed by atoms with van der Waals surface area (Å²) in [5.41, 5.74) is 0.838. The van der Waals surface area contributed by atoms with E-state index in [-0.39, 0.29) is 11.9 Å². The summed E-state index contributed by atoms with van der Waals surface area (Å²) in [6, 6.07) is 12.1. The predicted octanol–water partition coefficient (Wildman–Crippen LogP) is 4.81. The number of thiophene rings is 1. The van der Waals surface area contributed by atoms with Crippen LogP contribution in [0.1, 0.15) is 23.8 Å². The van der Waals surface area contributed by atoms with E-state index < -0.39 is 0 Å². The summed E-state index contributed by atoms with van der Waals surface area (Å²) < 4.78 is 6.12. The van der Waals surface area contributed by atoms with Gasteiger partial charge in [0.2, 0.25) is 11.0 Å². The summed E-state index contributed by atoms with van der Waals surface area (Å²) in [6.07, 6.45) is 2.10. The molecule has 1 aromatic carbocycles. The first-order chi connectivity index (χ1) is 13.7. The number of benzene rings is 1. The fourth-order valence-electron chi connectivity index (χ4n) is 3.23. The lowest BCUT2D eigenvalue weighted by Gasteiger charge is -2.23. The number of para-hydroxylation sites is 2. The zero-order valence-corrected chi connectivity index (χ0v) is 17.8. The fraction of sp³-hybridized carbons (Fsp3) is 0.316. The molecule has 1 saturated heterocycles. The van der Waals surface area contributed by atoms with Crippen LogP contribution in [0, 0.1) is 0 Å². The Labute approximate surface area is 175 Å². The molecule has 9 heteroatoms. The van der Waals surface area contributed by atoms with E-state index in [1.165, 1.54) is 28.0 Å². The lowest BCUT2D eigenvalue weighted by molar-refractivity contribution is -0.129. The van der Waals surface area contributed by atoms with E-state index in [0.717, 1.165) is 35.2 Å². The van der Waals surface area contributed by atoms with Crippen molar-refractivity contribution >= 4 is 51.2 Å². The molecule has 28 heavy (non-hydrogen) atoms. The minimum absolute atomic E-state index is 0.162. The molecule has 3 aromatic rings. The van der Waals surface area contributed by atoms with Gasteiger partial charge >= 0.3 is 0 Å². The number of nitrogens with zero attached hydrogens (tertiary/aromatic N) is 3. The van der Waals surface area contributed by atoms with Gasteiger partial charge < -0.3 is 15.0 Å². The van der Waals surface area contributed by atoms with Gasteiger partial charge in [0.15, 0.2) is 4.34 Å². The number of rotatable bonds is 7. The molecular weight excluding hydrogens is 412 g/mol. The van der Waals surface area contributed by atoms with E-state index in [1.54, 1.807) is 18.4 Å². The van der Waals surface area contributed by atoms with Crippen molar-refractivity contribution < 1.29 is 9.53 Å². The number of hydrogen-bond donors (Lipinski definition) is 1. The molecule has 0 saturated carbocycles. The largest absolute Gasteiger partial charge is 0.495 e. The third-order valence-corrected chi connectivity index (χ3v) is 7.45. The number of amides is 1. The van der Waals surface area contributed by atoms with Gasteiger partial charge in [0.1, 0.15) is 5.75 Å². The van der Waals surface area contributed by atoms with E-state index in [1.807, 2.05) is 35.2 Å². The summed E-state index contributed by atoms with van der Waals surface area (Å²) >= 11 is 4.60. The van der Waals surface area contributed by atoms with Gasteiger partial charge in [-0.15, -0.1) is 21.5 Å². The molecule has 1 atom stereocenters. The third-order valence-electron chi connectivity index (χ3n) is 4.52. The Bertz CT molecular complexity index is 929. The Morgan fingerprint density at radius 2 is 2.21 bits per heavy atom. The highest BCUT2D eigenvalue weighted by atomic mass is 32.2. The molecular formula is C19H20N4O2S3. The van der Waals surface area contributed by atoms with Crippen LogP contribution < -0.4 is 10.1 Å². The van der Waals surface area contributed by atoms with Gasteiger partial charge in [0.25, 0.3) is 0 Å². The second kappa shape index (κ2) is 8.93. The van der Waals surface area contributed by atoms with Crippen LogP contribution in [0.3, 0.4) is 0 Å². The highest BCUT2D eigenvalue weighted by molar-refractivity contribution is 8.01. The Morgan fingerprint density at radius 1 is 1.32 bits per heavy atom. The van der Waals surface area contributed by atoms with Crippen LogP contribution in [-0.2, 0) is 4.79 Å². The number of hydrogen-bond acceptors (Lipinski definition) is 8. The lowest BCUT2D eigenvalue weighted by Crippen LogP contribution is -2.31. The van der Waals surface area contributed by atoms with Gasteiger partial charge in [-0.05, 0) is 36.4 Å². The topological polar surface area (TPSA) is 67.3 Å². The summed E-state index contributed by atoms with van der Waals surface area (Å²) in [7, 11) is 1.63. The lowest BCUT2D eigenvalue weighted by atomic mass is 10.2. The fourth-order valence-corrected chi connectivity index (χ4v) is 5.75. The van der Waals surface area contributed by atoms with Gasteiger partial charge in [-0.25, -0.2) is 0 Å². The Kier molecular flexibility index (Phi) is 6.13. The minimum Gasteiger partial charge on any atom is -0.495 e. The molecule has 1 aliphatic heterocycles. The second-order valence-corrected chi connectivity index (χ2v) is 9.43. The molecule has 2 aromatic heterocycles. The number of methoxy groups -OCH3 is 1. The van der Waals surface area contributed by atoms with Gasteiger partial charge in [-0.2, -0.15) is 0 Å². The number of ether oxygens (including phenoxy) is 1. The van der Waals surface area contributed by atoms with E-state index in [4.69, 9.17) is 4.74 Å². The molecule has 3 heterocycles. The average Bonchev–Trinajstić information content (AvgIpc) is 3.47. The number of aromatic nitrogens is 2. The van der Waals surface area contributed by atoms with Crippen LogP contribution in [0.2, 0.25) is 0 Å². The first-order valence-corrected chi connectivity index (χ1v) is 11.6. The Balaban J connectivity index is 1.35. The standard InChI is InChI=1S/C19H20N4O2S3/c1-25-15-8-3-2-6-13(15)20-18-21-22-19(28-18)27-12-17(24)23-10-4-7-14(23)16-9-5-11-26-16/h2-3,5-6,8-9,11,14H,4,7,10,12H2,1H3,(H,20,21). The van der Waals surface area contributed by atoms with Gasteiger partial charge in [-0.3, -0.25) is 4.79 Å². The van der Waals surface area contributed by atoms with Crippen molar-refractivity contribution in [2.45, 2.75) is 23.2 Å². The molecule has 4 rings (SSSR count). The average molecular weight is 433 g/mol. The van der Waals surface area contributed by atoms with E-state index in [9.17, 15) is 4.79 Å². The van der Waals surface area contributed by atoms with Crippen LogP contribution >= 0.6 is 34.4 Å². The first-order valence-electron chi connectivity index (χ1n) is 8.94. The molecule has 146 valence electrons. The van der Waals surface area contributed by atoms with E-state index >= 15 is 0 Å². The van der Waals surface area contributed by atoms with Crippen LogP contribution in [0.15, 0.2) is 46.1 Å². The number of nitrogens with one attached hydrogen (secondary N) is 1. The van der Waals surface area contributed by atoms with Crippen molar-refractivity contribution in [1.82, 2.24) is 15.1 Å². The zero-order chi connectivity index (χ0) is 19.3. The number of carbonyl (C=O) groups excluding carboxylic acids is 1. The first kappa shape index (κ1) is 19.2. The van der Waals surface area contributed by atoms with Crippen molar-refractivity contribution in [3.05, 3.63) is 46.7 Å². The quantitative estimate of drug-likeness (QED) is 0.541. The maximum Gasteiger partial charge on any atom is 0.233 e. The minimum atomic E-state index is 0.162. The maximum absolute atomic E-state index is 12.7. The van der Waals surface area contributed by atoms with Crippen LogP contribution in [0.25, 0.3) is 0 Å². The third kappa shape index (κ3) is 4.31. The van der Waals surface area contributed by atoms with Crippen LogP contribution in [-0.4, -0.2) is 40.4 Å². The van der Waals surface area contributed by atoms with Gasteiger partial charge in [-0.1, -0.05) is 41.3 Å². The molecule has 6 nitrogen and oxygen atoms in total. The van der Waals surface area contributed by atoms with E-state index in [0.29, 0.717) is 10.9 Å². The summed E-state index contributed by atoms with van der Waals surface area (Å²) in [4.78, 5) is 16.0. The van der Waals surface area contributed by atoms with Gasteiger partial charge in [0.05, 0.1) is 24.6 Å². The summed E-state index contributed by atoms with van der Waals surface area (Å²) in [6.45, 7) is 0.832. The smallest absolute Gasteiger partial charge is 0.233 e. The summed E-state index contributed by atoms with van der Waals surface area (Å²) in [5.74, 6) is 1.29. The zero-order valence-electron chi connectivity index (χ0n) is 15.3. The molecule has 1 unspecified atom stereocenters. The Morgan fingerprint density at radius 3 is 3.04 bits per heavy atom. The predicted molar refractivity (Wildman–Crippen MR) is 115 cm³/mol. The van der Waals surface area contributed by atoms with Crippen molar-refractivity contribution in [2.24, 2.45) is 0 Å². The summed E-state index contributed by atoms with van der Waals surface area (Å²) in [5, 5.41) is 14.3. The van der Waals surface area contributed by atoms with E-state index in [2.05, 4.69) is 27.0 Å². The van der Waals surface area contributed by atoms with Gasteiger partial charge in [0, 0.05) is 11.4 Å². The highest BCUT2D eigenvalue weighted by Crippen LogP contribution is 2.36. The molecule has 0 aliphatic carbocycles. The van der Waals surface area contributed by atoms with Crippen molar-refractivity contribution in [3.8, 4) is 5.75 Å². The number of anilines is 2. The number of likely N-dealkylation sites (tertiary alicyclic amines) is 1. The Hall–Kier alpha value is -2.10.